The Balaban J connectivity index is 2.23. The molecule has 4 atom stereocenters. The molecule has 1 aromatic carbocycles. The standard InChI is InChI=1S/C23H32N4O8/c1-12(2)19(24)22(33)27-9-3-4-17(27)21(32)25-15(10-13-5-7-14(28)8-6-13)20(31)26-16(23(34)35)11-18(29)30/h5-8,12,15-17,19,28H,3-4,9-11,24H2,1-2H3,(H,25,32)(H,26,31)(H,29,30)(H,34,35). The molecule has 1 fully saturated rings. The number of benzene rings is 1. The molecule has 3 amide bonds. The first-order valence-corrected chi connectivity index (χ1v) is 11.3. The van der Waals surface area contributed by atoms with Crippen molar-refractivity contribution in [3.05, 3.63) is 29.8 Å². The molecule has 0 saturated carbocycles. The molecule has 35 heavy (non-hydrogen) atoms. The van der Waals surface area contributed by atoms with Gasteiger partial charge in [0.05, 0.1) is 12.5 Å². The number of nitrogens with one attached hydrogen (secondary N) is 2. The number of carboxylic acid groups (broad SMARTS) is 2. The highest BCUT2D eigenvalue weighted by Gasteiger charge is 2.38. The topological polar surface area (TPSA) is 199 Å². The predicted octanol–water partition coefficient (Wildman–Crippen LogP) is -0.562. The van der Waals surface area contributed by atoms with E-state index in [0.29, 0.717) is 24.9 Å². The Bertz CT molecular complexity index is 949. The fourth-order valence-corrected chi connectivity index (χ4v) is 3.77. The number of aromatic hydroxyl groups is 1. The molecule has 2 rings (SSSR count). The van der Waals surface area contributed by atoms with Crippen LogP contribution in [0.15, 0.2) is 24.3 Å². The lowest BCUT2D eigenvalue weighted by Gasteiger charge is -2.29. The molecule has 7 N–H and O–H groups in total. The summed E-state index contributed by atoms with van der Waals surface area (Å²) in [6, 6.07) is 1.24. The number of aliphatic carboxylic acids is 2. The van der Waals surface area contributed by atoms with E-state index in [0.717, 1.165) is 0 Å². The third-order valence-electron chi connectivity index (χ3n) is 5.84. The fourth-order valence-electron chi connectivity index (χ4n) is 3.77. The van der Waals surface area contributed by atoms with E-state index < -0.39 is 54.3 Å². The summed E-state index contributed by atoms with van der Waals surface area (Å²) in [7, 11) is 0. The van der Waals surface area contributed by atoms with Crippen molar-refractivity contribution in [3.8, 4) is 5.75 Å². The van der Waals surface area contributed by atoms with Gasteiger partial charge >= 0.3 is 11.9 Å². The highest BCUT2D eigenvalue weighted by Crippen LogP contribution is 2.20. The molecule has 0 radical (unpaired) electrons. The van der Waals surface area contributed by atoms with Gasteiger partial charge in [-0.1, -0.05) is 26.0 Å². The Morgan fingerprint density at radius 1 is 1.06 bits per heavy atom. The molecule has 0 aliphatic carbocycles. The molecule has 1 aromatic rings. The molecular weight excluding hydrogens is 460 g/mol. The third kappa shape index (κ3) is 7.67. The summed E-state index contributed by atoms with van der Waals surface area (Å²) in [5.41, 5.74) is 6.53. The summed E-state index contributed by atoms with van der Waals surface area (Å²) in [5.74, 6) is -4.96. The third-order valence-corrected chi connectivity index (χ3v) is 5.84. The van der Waals surface area contributed by atoms with Gasteiger partial charge in [0.2, 0.25) is 17.7 Å². The number of likely N-dealkylation sites (tertiary alicyclic amines) is 1. The largest absolute Gasteiger partial charge is 0.508 e. The number of phenolic OH excluding ortho intramolecular Hbond substituents is 1. The second-order valence-electron chi connectivity index (χ2n) is 8.89. The lowest BCUT2D eigenvalue weighted by Crippen LogP contribution is -2.57. The lowest BCUT2D eigenvalue weighted by atomic mass is 10.0. The van der Waals surface area contributed by atoms with E-state index in [1.165, 1.54) is 29.2 Å². The number of hydrogen-bond donors (Lipinski definition) is 6. The van der Waals surface area contributed by atoms with Crippen molar-refractivity contribution in [2.75, 3.05) is 6.54 Å². The summed E-state index contributed by atoms with van der Waals surface area (Å²) in [4.78, 5) is 62.6. The van der Waals surface area contributed by atoms with Crippen molar-refractivity contribution in [3.63, 3.8) is 0 Å². The number of rotatable bonds is 11. The summed E-state index contributed by atoms with van der Waals surface area (Å²) in [6.45, 7) is 3.93. The zero-order valence-electron chi connectivity index (χ0n) is 19.6. The van der Waals surface area contributed by atoms with Crippen LogP contribution in [0.5, 0.6) is 5.75 Å². The van der Waals surface area contributed by atoms with Gasteiger partial charge in [-0.05, 0) is 36.5 Å². The number of hydrogen-bond acceptors (Lipinski definition) is 7. The monoisotopic (exact) mass is 492 g/mol. The average Bonchev–Trinajstić information content (AvgIpc) is 3.28. The van der Waals surface area contributed by atoms with Gasteiger partial charge < -0.3 is 36.6 Å². The Labute approximate surface area is 202 Å². The summed E-state index contributed by atoms with van der Waals surface area (Å²) >= 11 is 0. The molecule has 0 bridgehead atoms. The Hall–Kier alpha value is -3.67. The van der Waals surface area contributed by atoms with Gasteiger partial charge in [0.1, 0.15) is 23.9 Å². The van der Waals surface area contributed by atoms with Crippen LogP contribution in [0.4, 0.5) is 0 Å². The number of carbonyl (C=O) groups is 5. The van der Waals surface area contributed by atoms with Gasteiger partial charge in [0.15, 0.2) is 0 Å². The minimum Gasteiger partial charge on any atom is -0.508 e. The smallest absolute Gasteiger partial charge is 0.326 e. The zero-order chi connectivity index (χ0) is 26.3. The maximum absolute atomic E-state index is 13.1. The van der Waals surface area contributed by atoms with Crippen LogP contribution in [0.3, 0.4) is 0 Å². The molecule has 192 valence electrons. The van der Waals surface area contributed by atoms with E-state index in [-0.39, 0.29) is 24.0 Å². The fraction of sp³-hybridized carbons (Fsp3) is 0.522. The highest BCUT2D eigenvalue weighted by molar-refractivity contribution is 5.95. The molecule has 12 nitrogen and oxygen atoms in total. The Kier molecular flexibility index (Phi) is 9.58. The molecule has 0 aromatic heterocycles. The van der Waals surface area contributed by atoms with Crippen LogP contribution in [0.1, 0.15) is 38.7 Å². The van der Waals surface area contributed by atoms with Crippen molar-refractivity contribution in [1.82, 2.24) is 15.5 Å². The average molecular weight is 493 g/mol. The second-order valence-corrected chi connectivity index (χ2v) is 8.89. The summed E-state index contributed by atoms with van der Waals surface area (Å²) < 4.78 is 0. The van der Waals surface area contributed by atoms with Crippen LogP contribution in [-0.2, 0) is 30.4 Å². The van der Waals surface area contributed by atoms with Gasteiger partial charge in [-0.2, -0.15) is 0 Å². The van der Waals surface area contributed by atoms with Crippen molar-refractivity contribution in [2.24, 2.45) is 11.7 Å². The first-order chi connectivity index (χ1) is 16.4. The molecule has 0 spiro atoms. The normalized spacial score (nSPS) is 17.9. The molecule has 1 aliphatic heterocycles. The minimum absolute atomic E-state index is 0.00668. The van der Waals surface area contributed by atoms with Crippen molar-refractivity contribution >= 4 is 29.7 Å². The molecule has 4 unspecified atom stereocenters. The van der Waals surface area contributed by atoms with Crippen LogP contribution in [-0.4, -0.2) is 80.6 Å². The minimum atomic E-state index is -1.70. The van der Waals surface area contributed by atoms with Gasteiger partial charge in [-0.15, -0.1) is 0 Å². The van der Waals surface area contributed by atoms with E-state index in [2.05, 4.69) is 10.6 Å². The first-order valence-electron chi connectivity index (χ1n) is 11.3. The van der Waals surface area contributed by atoms with Gasteiger partial charge in [-0.25, -0.2) is 4.79 Å². The van der Waals surface area contributed by atoms with E-state index in [1.54, 1.807) is 13.8 Å². The summed E-state index contributed by atoms with van der Waals surface area (Å²) in [5, 5.41) is 32.5. The number of nitrogens with two attached hydrogens (primary N) is 1. The maximum Gasteiger partial charge on any atom is 0.326 e. The predicted molar refractivity (Wildman–Crippen MR) is 123 cm³/mol. The van der Waals surface area contributed by atoms with Crippen molar-refractivity contribution < 1.29 is 39.3 Å². The van der Waals surface area contributed by atoms with Gasteiger partial charge in [-0.3, -0.25) is 19.2 Å². The SMILES string of the molecule is CC(C)C(N)C(=O)N1CCCC1C(=O)NC(Cc1ccc(O)cc1)C(=O)NC(CC(=O)O)C(=O)O. The van der Waals surface area contributed by atoms with Crippen LogP contribution < -0.4 is 16.4 Å². The van der Waals surface area contributed by atoms with Crippen molar-refractivity contribution in [2.45, 2.75) is 63.7 Å². The first kappa shape index (κ1) is 27.6. The quantitative estimate of drug-likeness (QED) is 0.234. The van der Waals surface area contributed by atoms with E-state index in [4.69, 9.17) is 10.8 Å². The molecular formula is C23H32N4O8. The van der Waals surface area contributed by atoms with Crippen LogP contribution >= 0.6 is 0 Å². The number of carboxylic acids is 2. The van der Waals surface area contributed by atoms with E-state index in [1.807, 2.05) is 0 Å². The van der Waals surface area contributed by atoms with Crippen LogP contribution in [0, 0.1) is 5.92 Å². The Morgan fingerprint density at radius 2 is 1.69 bits per heavy atom. The zero-order valence-corrected chi connectivity index (χ0v) is 19.6. The Morgan fingerprint density at radius 3 is 2.23 bits per heavy atom. The lowest BCUT2D eigenvalue weighted by molar-refractivity contribution is -0.147. The molecule has 1 heterocycles. The van der Waals surface area contributed by atoms with Crippen LogP contribution in [0.25, 0.3) is 0 Å². The summed E-state index contributed by atoms with van der Waals surface area (Å²) in [6.07, 6.45) is 0.0260. The van der Waals surface area contributed by atoms with E-state index >= 15 is 0 Å². The molecule has 12 heteroatoms. The van der Waals surface area contributed by atoms with Gasteiger partial charge in [0.25, 0.3) is 0 Å². The second kappa shape index (κ2) is 12.2. The van der Waals surface area contributed by atoms with Gasteiger partial charge in [0, 0.05) is 13.0 Å². The van der Waals surface area contributed by atoms with Crippen molar-refractivity contribution in [1.29, 1.82) is 0 Å². The highest BCUT2D eigenvalue weighted by atomic mass is 16.4. The molecule has 1 aliphatic rings. The number of carbonyl (C=O) groups excluding carboxylic acids is 3. The number of amides is 3. The molecule has 1 saturated heterocycles. The number of nitrogens with zero attached hydrogens (tertiary/aromatic N) is 1. The number of phenols is 1. The van der Waals surface area contributed by atoms with E-state index in [9.17, 15) is 34.2 Å². The van der Waals surface area contributed by atoms with Crippen LogP contribution in [0.2, 0.25) is 0 Å². The maximum atomic E-state index is 13.1.